The van der Waals surface area contributed by atoms with Crippen molar-refractivity contribution in [3.8, 4) is 0 Å². The quantitative estimate of drug-likeness (QED) is 0.911. The molecular weight excluding hydrogens is 246 g/mol. The first-order valence-corrected chi connectivity index (χ1v) is 7.43. The van der Waals surface area contributed by atoms with Gasteiger partial charge in [-0.3, -0.25) is 4.79 Å². The topological polar surface area (TPSA) is 45.2 Å². The summed E-state index contributed by atoms with van der Waals surface area (Å²) < 4.78 is 0. The van der Waals surface area contributed by atoms with Gasteiger partial charge < -0.3 is 10.2 Å². The predicted molar refractivity (Wildman–Crippen MR) is 74.9 cm³/mol. The molecule has 5 heteroatoms. The average molecular weight is 267 g/mol. The van der Waals surface area contributed by atoms with Gasteiger partial charge in [-0.15, -0.1) is 11.3 Å². The van der Waals surface area contributed by atoms with E-state index in [1.54, 1.807) is 11.3 Å². The molecule has 0 aliphatic carbocycles. The Hall–Kier alpha value is -0.940. The van der Waals surface area contributed by atoms with E-state index in [1.807, 2.05) is 0 Å². The summed E-state index contributed by atoms with van der Waals surface area (Å²) in [5, 5.41) is 3.74. The zero-order valence-electron chi connectivity index (χ0n) is 11.3. The Kier molecular flexibility index (Phi) is 4.35. The summed E-state index contributed by atoms with van der Waals surface area (Å²) in [6.07, 6.45) is 2.76. The number of nitrogens with zero attached hydrogens (tertiary/aromatic N) is 2. The van der Waals surface area contributed by atoms with Crippen molar-refractivity contribution in [3.05, 3.63) is 10.6 Å². The predicted octanol–water partition coefficient (Wildman–Crippen LogP) is 2.51. The third kappa shape index (κ3) is 2.90. The largest absolute Gasteiger partial charge is 0.302 e. The number of fused-ring (bicyclic) bond motifs is 1. The van der Waals surface area contributed by atoms with Crippen LogP contribution >= 0.6 is 11.3 Å². The molecule has 0 unspecified atom stereocenters. The van der Waals surface area contributed by atoms with E-state index in [2.05, 4.69) is 36.1 Å². The SMILES string of the molecule is CCC(CC)C(=O)Nc1nc2c(s1)CN(C)CC2. The molecule has 0 bridgehead atoms. The number of likely N-dealkylation sites (N-methyl/N-ethyl adjacent to an activating group) is 1. The number of hydrogen-bond donors (Lipinski definition) is 1. The molecule has 0 radical (unpaired) electrons. The molecule has 0 saturated carbocycles. The van der Waals surface area contributed by atoms with Crippen LogP contribution in [0.5, 0.6) is 0 Å². The van der Waals surface area contributed by atoms with Crippen LogP contribution in [0.15, 0.2) is 0 Å². The molecule has 0 fully saturated rings. The number of anilines is 1. The molecule has 1 aromatic rings. The van der Waals surface area contributed by atoms with Crippen LogP contribution in [0.4, 0.5) is 5.13 Å². The first kappa shape index (κ1) is 13.5. The fraction of sp³-hybridized carbons (Fsp3) is 0.692. The van der Waals surface area contributed by atoms with Gasteiger partial charge in [-0.1, -0.05) is 13.8 Å². The van der Waals surface area contributed by atoms with Gasteiger partial charge in [0.15, 0.2) is 5.13 Å². The summed E-state index contributed by atoms with van der Waals surface area (Å²) in [6, 6.07) is 0. The first-order valence-electron chi connectivity index (χ1n) is 6.62. The van der Waals surface area contributed by atoms with Crippen molar-refractivity contribution in [2.24, 2.45) is 5.92 Å². The fourth-order valence-corrected chi connectivity index (χ4v) is 3.33. The second kappa shape index (κ2) is 5.80. The van der Waals surface area contributed by atoms with Crippen molar-refractivity contribution in [1.82, 2.24) is 9.88 Å². The van der Waals surface area contributed by atoms with Crippen molar-refractivity contribution < 1.29 is 4.79 Å². The summed E-state index contributed by atoms with van der Waals surface area (Å²) in [5.41, 5.74) is 1.16. The number of aromatic nitrogens is 1. The standard InChI is InChI=1S/C13H21N3OS/c1-4-9(5-2)12(17)15-13-14-10-6-7-16(3)8-11(10)18-13/h9H,4-8H2,1-3H3,(H,14,15,17). The fourth-order valence-electron chi connectivity index (χ4n) is 2.24. The Balaban J connectivity index is 2.04. The molecule has 1 aromatic heterocycles. The van der Waals surface area contributed by atoms with Gasteiger partial charge in [-0.05, 0) is 19.9 Å². The molecule has 2 rings (SSSR count). The van der Waals surface area contributed by atoms with Crippen LogP contribution < -0.4 is 5.32 Å². The monoisotopic (exact) mass is 267 g/mol. The van der Waals surface area contributed by atoms with Crippen LogP contribution in [0.25, 0.3) is 0 Å². The lowest BCUT2D eigenvalue weighted by Crippen LogP contribution is -2.25. The summed E-state index contributed by atoms with van der Waals surface area (Å²) >= 11 is 1.62. The van der Waals surface area contributed by atoms with Gasteiger partial charge in [0.05, 0.1) is 5.69 Å². The highest BCUT2D eigenvalue weighted by atomic mass is 32.1. The maximum Gasteiger partial charge on any atom is 0.229 e. The highest BCUT2D eigenvalue weighted by Crippen LogP contribution is 2.28. The summed E-state index contributed by atoms with van der Waals surface area (Å²) in [5.74, 6) is 0.216. The van der Waals surface area contributed by atoms with Crippen molar-refractivity contribution in [2.75, 3.05) is 18.9 Å². The molecule has 0 aromatic carbocycles. The van der Waals surface area contributed by atoms with E-state index in [0.29, 0.717) is 0 Å². The van der Waals surface area contributed by atoms with Gasteiger partial charge >= 0.3 is 0 Å². The zero-order chi connectivity index (χ0) is 13.1. The highest BCUT2D eigenvalue weighted by Gasteiger charge is 2.20. The van der Waals surface area contributed by atoms with Crippen LogP contribution in [0.1, 0.15) is 37.3 Å². The Morgan fingerprint density at radius 2 is 2.22 bits per heavy atom. The maximum atomic E-state index is 12.0. The van der Waals surface area contributed by atoms with Gasteiger partial charge in [0.25, 0.3) is 0 Å². The van der Waals surface area contributed by atoms with E-state index < -0.39 is 0 Å². The number of nitrogens with one attached hydrogen (secondary N) is 1. The van der Waals surface area contributed by atoms with Gasteiger partial charge in [-0.25, -0.2) is 4.98 Å². The van der Waals surface area contributed by atoms with Gasteiger partial charge in [0.1, 0.15) is 0 Å². The van der Waals surface area contributed by atoms with Gasteiger partial charge in [0.2, 0.25) is 5.91 Å². The highest BCUT2D eigenvalue weighted by molar-refractivity contribution is 7.15. The van der Waals surface area contributed by atoms with E-state index in [1.165, 1.54) is 4.88 Å². The number of amides is 1. The number of carbonyl (C=O) groups excluding carboxylic acids is 1. The molecule has 0 saturated heterocycles. The van der Waals surface area contributed by atoms with Crippen LogP contribution in [0.3, 0.4) is 0 Å². The number of rotatable bonds is 4. The minimum Gasteiger partial charge on any atom is -0.302 e. The Morgan fingerprint density at radius 1 is 1.50 bits per heavy atom. The summed E-state index contributed by atoms with van der Waals surface area (Å²) in [4.78, 5) is 20.1. The Bertz CT molecular complexity index is 426. The molecule has 0 spiro atoms. The van der Waals surface area contributed by atoms with E-state index in [0.717, 1.165) is 43.2 Å². The number of carbonyl (C=O) groups is 1. The minimum atomic E-state index is 0.105. The molecule has 1 aliphatic rings. The van der Waals surface area contributed by atoms with E-state index >= 15 is 0 Å². The van der Waals surface area contributed by atoms with Crippen molar-refractivity contribution in [3.63, 3.8) is 0 Å². The second-order valence-electron chi connectivity index (χ2n) is 4.88. The average Bonchev–Trinajstić information content (AvgIpc) is 2.71. The molecular formula is C13H21N3OS. The lowest BCUT2D eigenvalue weighted by Gasteiger charge is -2.20. The third-order valence-electron chi connectivity index (χ3n) is 3.51. The van der Waals surface area contributed by atoms with Crippen molar-refractivity contribution in [1.29, 1.82) is 0 Å². The van der Waals surface area contributed by atoms with E-state index in [9.17, 15) is 4.79 Å². The number of hydrogen-bond acceptors (Lipinski definition) is 4. The Morgan fingerprint density at radius 3 is 2.89 bits per heavy atom. The number of thiazole rings is 1. The molecule has 1 amide bonds. The van der Waals surface area contributed by atoms with E-state index in [4.69, 9.17) is 0 Å². The van der Waals surface area contributed by atoms with Crippen molar-refractivity contribution in [2.45, 2.75) is 39.7 Å². The molecule has 1 N–H and O–H groups in total. The van der Waals surface area contributed by atoms with Crippen LogP contribution in [0, 0.1) is 5.92 Å². The van der Waals surface area contributed by atoms with E-state index in [-0.39, 0.29) is 11.8 Å². The lowest BCUT2D eigenvalue weighted by molar-refractivity contribution is -0.120. The van der Waals surface area contributed by atoms with Gasteiger partial charge in [-0.2, -0.15) is 0 Å². The van der Waals surface area contributed by atoms with Crippen molar-refractivity contribution >= 4 is 22.4 Å². The molecule has 2 heterocycles. The second-order valence-corrected chi connectivity index (χ2v) is 5.96. The van der Waals surface area contributed by atoms with Crippen LogP contribution in [-0.2, 0) is 17.8 Å². The lowest BCUT2D eigenvalue weighted by atomic mass is 10.0. The minimum absolute atomic E-state index is 0.105. The van der Waals surface area contributed by atoms with Crippen LogP contribution in [-0.4, -0.2) is 29.4 Å². The normalized spacial score (nSPS) is 15.8. The smallest absolute Gasteiger partial charge is 0.229 e. The third-order valence-corrected chi connectivity index (χ3v) is 4.51. The Labute approximate surface area is 112 Å². The molecule has 0 atom stereocenters. The summed E-state index contributed by atoms with van der Waals surface area (Å²) in [6.45, 7) is 6.11. The summed E-state index contributed by atoms with van der Waals surface area (Å²) in [7, 11) is 2.12. The molecule has 18 heavy (non-hydrogen) atoms. The molecule has 4 nitrogen and oxygen atoms in total. The zero-order valence-corrected chi connectivity index (χ0v) is 12.1. The van der Waals surface area contributed by atoms with Crippen LogP contribution in [0.2, 0.25) is 0 Å². The molecule has 1 aliphatic heterocycles. The van der Waals surface area contributed by atoms with Gasteiger partial charge in [0, 0.05) is 30.3 Å². The first-order chi connectivity index (χ1) is 8.63. The molecule has 100 valence electrons. The maximum absolute atomic E-state index is 12.0.